The van der Waals surface area contributed by atoms with E-state index in [9.17, 15) is 9.59 Å². The van der Waals surface area contributed by atoms with Crippen LogP contribution in [0.15, 0.2) is 48.5 Å². The van der Waals surface area contributed by atoms with Crippen LogP contribution in [0.1, 0.15) is 63.5 Å². The number of hydrogen-bond donors (Lipinski definition) is 1. The molecule has 3 rings (SSSR count). The Balaban J connectivity index is 1.61. The molecule has 1 unspecified atom stereocenters. The van der Waals surface area contributed by atoms with Gasteiger partial charge in [0.05, 0.1) is 6.61 Å². The van der Waals surface area contributed by atoms with Crippen molar-refractivity contribution in [2.75, 3.05) is 33.9 Å². The summed E-state index contributed by atoms with van der Waals surface area (Å²) < 4.78 is 5.09. The summed E-state index contributed by atoms with van der Waals surface area (Å²) >= 11 is 0. The van der Waals surface area contributed by atoms with Gasteiger partial charge in [-0.1, -0.05) is 81.5 Å². The summed E-state index contributed by atoms with van der Waals surface area (Å²) in [7, 11) is 3.48. The number of ether oxygens (including phenoxy) is 1. The normalized spacial score (nSPS) is 18.1. The fraction of sp³-hybridized carbons (Fsp3) is 0.548. The number of nitrogens with zero attached hydrogens (tertiary/aromatic N) is 2. The first-order valence-electron chi connectivity index (χ1n) is 13.9. The van der Waals surface area contributed by atoms with E-state index in [4.69, 9.17) is 4.74 Å². The summed E-state index contributed by atoms with van der Waals surface area (Å²) in [5.74, 6) is 0.101. The molecule has 2 amide bonds. The number of amides is 2. The highest BCUT2D eigenvalue weighted by Crippen LogP contribution is 2.24. The van der Waals surface area contributed by atoms with Crippen molar-refractivity contribution < 1.29 is 14.3 Å². The van der Waals surface area contributed by atoms with Crippen molar-refractivity contribution in [3.8, 4) is 11.1 Å². The number of benzene rings is 2. The number of unbranched alkanes of at least 4 members (excludes halogenated alkanes) is 5. The molecule has 0 bridgehead atoms. The third kappa shape index (κ3) is 8.14. The Morgan fingerprint density at radius 3 is 2.35 bits per heavy atom. The number of carbonyl (C=O) groups is 2. The molecular weight excluding hydrogens is 462 g/mol. The van der Waals surface area contributed by atoms with Crippen molar-refractivity contribution in [3.63, 3.8) is 0 Å². The molecule has 0 aliphatic carbocycles. The molecule has 2 aromatic rings. The van der Waals surface area contributed by atoms with Crippen molar-refractivity contribution in [3.05, 3.63) is 59.7 Å². The third-order valence-corrected chi connectivity index (χ3v) is 7.42. The topological polar surface area (TPSA) is 61.9 Å². The van der Waals surface area contributed by atoms with E-state index in [-0.39, 0.29) is 17.9 Å². The Bertz CT molecular complexity index is 991. The minimum atomic E-state index is -0.448. The molecule has 2 aromatic carbocycles. The van der Waals surface area contributed by atoms with E-state index in [2.05, 4.69) is 60.8 Å². The SMILES string of the molecule is CCCCCCCCN1C(=O)C(Cc2ccc(-c3cccc(CNCCOC)c3)cc2)N(C)C(=O)[C@@H]1C. The van der Waals surface area contributed by atoms with Crippen molar-refractivity contribution in [2.24, 2.45) is 0 Å². The fourth-order valence-corrected chi connectivity index (χ4v) is 5.04. The molecule has 37 heavy (non-hydrogen) atoms. The van der Waals surface area contributed by atoms with Gasteiger partial charge in [-0.15, -0.1) is 0 Å². The van der Waals surface area contributed by atoms with E-state index in [1.54, 1.807) is 19.1 Å². The molecular formula is C31H45N3O3. The number of nitrogens with one attached hydrogen (secondary N) is 1. The van der Waals surface area contributed by atoms with Crippen LogP contribution in [0.25, 0.3) is 11.1 Å². The van der Waals surface area contributed by atoms with Crippen LogP contribution >= 0.6 is 0 Å². The molecule has 1 heterocycles. The van der Waals surface area contributed by atoms with Crippen LogP contribution in [0.4, 0.5) is 0 Å². The second kappa shape index (κ2) is 14.9. The summed E-state index contributed by atoms with van der Waals surface area (Å²) in [6.45, 7) is 7.06. The highest BCUT2D eigenvalue weighted by Gasteiger charge is 2.41. The van der Waals surface area contributed by atoms with Crippen molar-refractivity contribution in [2.45, 2.75) is 77.4 Å². The molecule has 1 aliphatic heterocycles. The van der Waals surface area contributed by atoms with Gasteiger partial charge in [0.1, 0.15) is 12.1 Å². The maximum Gasteiger partial charge on any atom is 0.246 e. The molecule has 202 valence electrons. The molecule has 6 heteroatoms. The van der Waals surface area contributed by atoms with E-state index in [1.165, 1.54) is 31.2 Å². The number of carbonyl (C=O) groups excluding carboxylic acids is 2. The Labute approximate surface area is 223 Å². The van der Waals surface area contributed by atoms with Gasteiger partial charge >= 0.3 is 0 Å². The lowest BCUT2D eigenvalue weighted by Gasteiger charge is -2.42. The summed E-state index contributed by atoms with van der Waals surface area (Å²) in [6, 6.07) is 16.1. The summed E-state index contributed by atoms with van der Waals surface area (Å²) in [5.41, 5.74) is 4.59. The minimum Gasteiger partial charge on any atom is -0.383 e. The van der Waals surface area contributed by atoms with Crippen LogP contribution < -0.4 is 5.32 Å². The Morgan fingerprint density at radius 1 is 0.892 bits per heavy atom. The standard InChI is InChI=1S/C31H45N3O3/c1-5-6-7-8-9-10-19-34-24(2)30(35)33(3)29(31(34)36)22-25-14-16-27(17-15-25)28-13-11-12-26(21-28)23-32-18-20-37-4/h11-17,21,24,29,32H,5-10,18-20,22-23H2,1-4H3/t24-,29?/m0/s1. The highest BCUT2D eigenvalue weighted by molar-refractivity contribution is 5.96. The van der Waals surface area contributed by atoms with Gasteiger partial charge in [-0.2, -0.15) is 0 Å². The zero-order chi connectivity index (χ0) is 26.6. The van der Waals surface area contributed by atoms with Crippen LogP contribution in [0.5, 0.6) is 0 Å². The highest BCUT2D eigenvalue weighted by atomic mass is 16.5. The fourth-order valence-electron chi connectivity index (χ4n) is 5.04. The molecule has 1 N–H and O–H groups in total. The maximum absolute atomic E-state index is 13.4. The number of hydrogen-bond acceptors (Lipinski definition) is 4. The molecule has 0 aromatic heterocycles. The van der Waals surface area contributed by atoms with Crippen LogP contribution in [-0.4, -0.2) is 67.6 Å². The minimum absolute atomic E-state index is 0.0307. The first kappa shape index (κ1) is 28.9. The van der Waals surface area contributed by atoms with Gasteiger partial charge in [-0.05, 0) is 41.7 Å². The van der Waals surface area contributed by atoms with Gasteiger partial charge in [0.2, 0.25) is 11.8 Å². The van der Waals surface area contributed by atoms with E-state index in [0.29, 0.717) is 19.6 Å². The smallest absolute Gasteiger partial charge is 0.246 e. The van der Waals surface area contributed by atoms with Gasteiger partial charge in [-0.25, -0.2) is 0 Å². The lowest BCUT2D eigenvalue weighted by Crippen LogP contribution is -2.63. The van der Waals surface area contributed by atoms with E-state index in [0.717, 1.165) is 42.6 Å². The molecule has 0 spiro atoms. The second-order valence-corrected chi connectivity index (χ2v) is 10.2. The predicted molar refractivity (Wildman–Crippen MR) is 150 cm³/mol. The number of likely N-dealkylation sites (N-methyl/N-ethyl adjacent to an activating group) is 1. The lowest BCUT2D eigenvalue weighted by atomic mass is 9.96. The van der Waals surface area contributed by atoms with Crippen LogP contribution in [0.2, 0.25) is 0 Å². The second-order valence-electron chi connectivity index (χ2n) is 10.2. The Morgan fingerprint density at radius 2 is 1.62 bits per heavy atom. The van der Waals surface area contributed by atoms with Crippen LogP contribution in [0.3, 0.4) is 0 Å². The number of methoxy groups -OCH3 is 1. The van der Waals surface area contributed by atoms with Crippen molar-refractivity contribution in [1.82, 2.24) is 15.1 Å². The number of rotatable bonds is 15. The lowest BCUT2D eigenvalue weighted by molar-refractivity contribution is -0.159. The van der Waals surface area contributed by atoms with Crippen LogP contribution in [-0.2, 0) is 27.3 Å². The van der Waals surface area contributed by atoms with E-state index in [1.807, 2.05) is 11.8 Å². The molecule has 6 nitrogen and oxygen atoms in total. The Kier molecular flexibility index (Phi) is 11.6. The molecule has 1 aliphatic rings. The predicted octanol–water partition coefficient (Wildman–Crippen LogP) is 5.05. The first-order chi connectivity index (χ1) is 18.0. The average Bonchev–Trinajstić information content (AvgIpc) is 2.92. The van der Waals surface area contributed by atoms with E-state index >= 15 is 0 Å². The average molecular weight is 508 g/mol. The van der Waals surface area contributed by atoms with Crippen LogP contribution in [0, 0.1) is 0 Å². The quantitative estimate of drug-likeness (QED) is 0.343. The van der Waals surface area contributed by atoms with Gasteiger partial charge in [-0.3, -0.25) is 9.59 Å². The molecule has 0 radical (unpaired) electrons. The third-order valence-electron chi connectivity index (χ3n) is 7.42. The first-order valence-corrected chi connectivity index (χ1v) is 13.9. The van der Waals surface area contributed by atoms with Gasteiger partial charge in [0.25, 0.3) is 0 Å². The van der Waals surface area contributed by atoms with Crippen molar-refractivity contribution >= 4 is 11.8 Å². The summed E-state index contributed by atoms with van der Waals surface area (Å²) in [6.07, 6.45) is 7.53. The monoisotopic (exact) mass is 507 g/mol. The summed E-state index contributed by atoms with van der Waals surface area (Å²) in [4.78, 5) is 29.9. The molecule has 1 saturated heterocycles. The van der Waals surface area contributed by atoms with Gasteiger partial charge in [0, 0.05) is 40.2 Å². The zero-order valence-electron chi connectivity index (χ0n) is 23.2. The van der Waals surface area contributed by atoms with Gasteiger partial charge in [0.15, 0.2) is 0 Å². The number of piperazine rings is 1. The van der Waals surface area contributed by atoms with Gasteiger partial charge < -0.3 is 19.9 Å². The molecule has 0 saturated carbocycles. The molecule has 2 atom stereocenters. The largest absolute Gasteiger partial charge is 0.383 e. The Hall–Kier alpha value is -2.70. The summed E-state index contributed by atoms with van der Waals surface area (Å²) in [5, 5.41) is 3.39. The maximum atomic E-state index is 13.4. The van der Waals surface area contributed by atoms with Crippen molar-refractivity contribution in [1.29, 1.82) is 0 Å². The molecule has 1 fully saturated rings. The van der Waals surface area contributed by atoms with E-state index < -0.39 is 6.04 Å². The zero-order valence-corrected chi connectivity index (χ0v) is 23.2.